The average Bonchev–Trinajstić information content (AvgIpc) is 3.15. The summed E-state index contributed by atoms with van der Waals surface area (Å²) in [7, 11) is 0. The van der Waals surface area contributed by atoms with Crippen molar-refractivity contribution in [2.75, 3.05) is 5.43 Å². The summed E-state index contributed by atoms with van der Waals surface area (Å²) in [6, 6.07) is 16.4. The highest BCUT2D eigenvalue weighted by molar-refractivity contribution is 7.99. The molecular weight excluding hydrogens is 352 g/mol. The van der Waals surface area contributed by atoms with Crippen LogP contribution >= 0.6 is 23.4 Å². The summed E-state index contributed by atoms with van der Waals surface area (Å²) in [6.07, 6.45) is 0. The van der Waals surface area contributed by atoms with E-state index in [-0.39, 0.29) is 10.8 Å². The molecule has 0 spiro atoms. The summed E-state index contributed by atoms with van der Waals surface area (Å²) >= 11 is 7.63. The number of rotatable bonds is 2. The highest BCUT2D eigenvalue weighted by Crippen LogP contribution is 2.40. The minimum absolute atomic E-state index is 0.107. The number of nitrogens with zero attached hydrogens (tertiary/aromatic N) is 3. The number of hydrogen-bond acceptors (Lipinski definition) is 4. The standard InChI is InChI=1S/C19H19ClN4S/c1-19(2,3)14-8-4-12(5-9-14)16-21-22-18-24(16)23-17(25-18)13-6-10-15(20)11-7-13/h4-11,17,23H,1-3H3. The van der Waals surface area contributed by atoms with E-state index in [2.05, 4.69) is 60.7 Å². The third-order valence-corrected chi connectivity index (χ3v) is 5.63. The Kier molecular flexibility index (Phi) is 4.01. The van der Waals surface area contributed by atoms with Gasteiger partial charge in [0.1, 0.15) is 5.37 Å². The van der Waals surface area contributed by atoms with Crippen molar-refractivity contribution in [2.24, 2.45) is 0 Å². The van der Waals surface area contributed by atoms with Gasteiger partial charge >= 0.3 is 0 Å². The van der Waals surface area contributed by atoms with Crippen LogP contribution in [-0.4, -0.2) is 14.9 Å². The van der Waals surface area contributed by atoms with Crippen molar-refractivity contribution >= 4 is 23.4 Å². The molecule has 0 radical (unpaired) electrons. The van der Waals surface area contributed by atoms with Crippen LogP contribution < -0.4 is 5.43 Å². The average molecular weight is 371 g/mol. The van der Waals surface area contributed by atoms with E-state index in [4.69, 9.17) is 11.6 Å². The van der Waals surface area contributed by atoms with Gasteiger partial charge in [0.15, 0.2) is 5.82 Å². The lowest BCUT2D eigenvalue weighted by Gasteiger charge is -2.19. The quantitative estimate of drug-likeness (QED) is 0.669. The molecule has 25 heavy (non-hydrogen) atoms. The third kappa shape index (κ3) is 3.14. The van der Waals surface area contributed by atoms with Crippen molar-refractivity contribution in [2.45, 2.75) is 36.7 Å². The van der Waals surface area contributed by atoms with Crippen LogP contribution in [0.1, 0.15) is 37.3 Å². The second kappa shape index (κ2) is 6.07. The maximum Gasteiger partial charge on any atom is 0.212 e. The molecule has 128 valence electrons. The lowest BCUT2D eigenvalue weighted by atomic mass is 9.87. The Labute approximate surface area is 156 Å². The Balaban J connectivity index is 1.61. The van der Waals surface area contributed by atoms with Crippen LogP contribution in [-0.2, 0) is 5.41 Å². The van der Waals surface area contributed by atoms with Crippen LogP contribution in [0.5, 0.6) is 0 Å². The molecule has 0 saturated carbocycles. The number of aromatic nitrogens is 3. The number of halogens is 1. The lowest BCUT2D eigenvalue weighted by molar-refractivity contribution is 0.590. The third-order valence-electron chi connectivity index (χ3n) is 4.28. The van der Waals surface area contributed by atoms with Gasteiger partial charge in [-0.2, -0.15) is 0 Å². The minimum atomic E-state index is 0.107. The first-order valence-corrected chi connectivity index (χ1v) is 9.42. The highest BCUT2D eigenvalue weighted by atomic mass is 35.5. The Bertz CT molecular complexity index is 895. The molecule has 1 aromatic heterocycles. The minimum Gasteiger partial charge on any atom is -0.304 e. The van der Waals surface area contributed by atoms with Crippen molar-refractivity contribution in [3.8, 4) is 11.4 Å². The number of benzene rings is 2. The summed E-state index contributed by atoms with van der Waals surface area (Å²) in [5, 5.41) is 10.4. The van der Waals surface area contributed by atoms with Crippen molar-refractivity contribution < 1.29 is 0 Å². The van der Waals surface area contributed by atoms with Gasteiger partial charge in [-0.1, -0.05) is 80.5 Å². The zero-order valence-corrected chi connectivity index (χ0v) is 15.9. The Hall–Kier alpha value is -1.98. The fraction of sp³-hybridized carbons (Fsp3) is 0.263. The van der Waals surface area contributed by atoms with Crippen molar-refractivity contribution in [1.29, 1.82) is 0 Å². The summed E-state index contributed by atoms with van der Waals surface area (Å²) in [5.41, 5.74) is 7.13. The van der Waals surface area contributed by atoms with E-state index in [0.717, 1.165) is 27.1 Å². The van der Waals surface area contributed by atoms with Crippen LogP contribution in [0.25, 0.3) is 11.4 Å². The van der Waals surface area contributed by atoms with E-state index in [1.165, 1.54) is 5.56 Å². The Morgan fingerprint density at radius 1 is 1.00 bits per heavy atom. The van der Waals surface area contributed by atoms with Crippen molar-refractivity contribution in [1.82, 2.24) is 14.9 Å². The Morgan fingerprint density at radius 3 is 2.32 bits per heavy atom. The predicted molar refractivity (Wildman–Crippen MR) is 104 cm³/mol. The van der Waals surface area contributed by atoms with Crippen LogP contribution in [0.2, 0.25) is 5.02 Å². The smallest absolute Gasteiger partial charge is 0.212 e. The van der Waals surface area contributed by atoms with Gasteiger partial charge in [-0.15, -0.1) is 10.2 Å². The van der Waals surface area contributed by atoms with E-state index in [9.17, 15) is 0 Å². The molecule has 4 rings (SSSR count). The molecule has 1 atom stereocenters. The summed E-state index contributed by atoms with van der Waals surface area (Å²) < 4.78 is 1.97. The maximum absolute atomic E-state index is 5.98. The van der Waals surface area contributed by atoms with Crippen LogP contribution in [0.15, 0.2) is 53.7 Å². The second-order valence-corrected chi connectivity index (χ2v) is 8.66. The van der Waals surface area contributed by atoms with Gasteiger partial charge in [-0.3, -0.25) is 0 Å². The summed E-state index contributed by atoms with van der Waals surface area (Å²) in [6.45, 7) is 6.64. The fourth-order valence-electron chi connectivity index (χ4n) is 2.80. The van der Waals surface area contributed by atoms with Gasteiger partial charge in [-0.05, 0) is 28.7 Å². The normalized spacial score (nSPS) is 16.6. The van der Waals surface area contributed by atoms with Gasteiger partial charge in [0.05, 0.1) is 0 Å². The Morgan fingerprint density at radius 2 is 1.68 bits per heavy atom. The second-order valence-electron chi connectivity index (χ2n) is 7.15. The molecule has 0 saturated heterocycles. The van der Waals surface area contributed by atoms with Crippen molar-refractivity contribution in [3.05, 3.63) is 64.7 Å². The van der Waals surface area contributed by atoms with Gasteiger partial charge < -0.3 is 5.43 Å². The molecule has 1 N–H and O–H groups in total. The zero-order chi connectivity index (χ0) is 17.6. The van der Waals surface area contributed by atoms with E-state index < -0.39 is 0 Å². The molecule has 3 aromatic rings. The number of hydrogen-bond donors (Lipinski definition) is 1. The number of nitrogens with one attached hydrogen (secondary N) is 1. The molecule has 0 amide bonds. The highest BCUT2D eigenvalue weighted by Gasteiger charge is 2.28. The van der Waals surface area contributed by atoms with Gasteiger partial charge in [0.25, 0.3) is 0 Å². The summed E-state index contributed by atoms with van der Waals surface area (Å²) in [5.74, 6) is 0.833. The van der Waals surface area contributed by atoms with E-state index in [1.54, 1.807) is 11.8 Å². The molecule has 0 aliphatic carbocycles. The number of thioether (sulfide) groups is 1. The molecule has 4 nitrogen and oxygen atoms in total. The van der Waals surface area contributed by atoms with E-state index >= 15 is 0 Å². The first-order chi connectivity index (χ1) is 11.9. The van der Waals surface area contributed by atoms with Crippen LogP contribution in [0.4, 0.5) is 0 Å². The monoisotopic (exact) mass is 370 g/mol. The molecule has 2 heterocycles. The van der Waals surface area contributed by atoms with Crippen LogP contribution in [0, 0.1) is 0 Å². The molecule has 1 aliphatic heterocycles. The van der Waals surface area contributed by atoms with Gasteiger partial charge in [0.2, 0.25) is 5.16 Å². The molecule has 6 heteroatoms. The first-order valence-electron chi connectivity index (χ1n) is 8.17. The zero-order valence-electron chi connectivity index (χ0n) is 14.3. The van der Waals surface area contributed by atoms with E-state index in [0.29, 0.717) is 0 Å². The molecule has 0 fully saturated rings. The predicted octanol–water partition coefficient (Wildman–Crippen LogP) is 5.24. The van der Waals surface area contributed by atoms with Crippen molar-refractivity contribution in [3.63, 3.8) is 0 Å². The molecular formula is C19H19ClN4S. The SMILES string of the molecule is CC(C)(C)c1ccc(-c2nnc3n2NC(c2ccc(Cl)cc2)S3)cc1. The molecule has 1 unspecified atom stereocenters. The lowest BCUT2D eigenvalue weighted by Crippen LogP contribution is -2.14. The fourth-order valence-corrected chi connectivity index (χ4v) is 3.92. The molecule has 1 aliphatic rings. The topological polar surface area (TPSA) is 42.7 Å². The number of fused-ring (bicyclic) bond motifs is 1. The van der Waals surface area contributed by atoms with Crippen LogP contribution in [0.3, 0.4) is 0 Å². The first kappa shape index (κ1) is 16.5. The molecule has 0 bridgehead atoms. The largest absolute Gasteiger partial charge is 0.304 e. The van der Waals surface area contributed by atoms with Gasteiger partial charge in [-0.25, -0.2) is 4.68 Å². The van der Waals surface area contributed by atoms with E-state index in [1.807, 2.05) is 28.9 Å². The molecule has 2 aromatic carbocycles. The van der Waals surface area contributed by atoms with Gasteiger partial charge in [0, 0.05) is 10.6 Å². The maximum atomic E-state index is 5.98. The summed E-state index contributed by atoms with van der Waals surface area (Å²) in [4.78, 5) is 0.